The van der Waals surface area contributed by atoms with Gasteiger partial charge in [-0.05, 0) is 36.3 Å². The van der Waals surface area contributed by atoms with Crippen LogP contribution in [-0.4, -0.2) is 24.0 Å². The number of fused-ring (bicyclic) bond motifs is 2. The molecule has 0 atom stereocenters. The first-order chi connectivity index (χ1) is 8.22. The molecule has 0 radical (unpaired) electrons. The topological polar surface area (TPSA) is 15.3 Å². The minimum absolute atomic E-state index is 0.627. The molecule has 0 aromatic heterocycles. The number of nitrogens with one attached hydrogen (secondary N) is 1. The predicted octanol–water partition coefficient (Wildman–Crippen LogP) is 2.06. The van der Waals surface area contributed by atoms with Crippen LogP contribution in [0, 0.1) is 12.3 Å². The standard InChI is InChI=1S/C15H20N2/c1-11-2-3-12-7-17(8-13(12)4-11)10-15-5-14(6-15)16-9-15/h2-4,14,16H,5-10H2,1H3. The smallest absolute Gasteiger partial charge is 0.0240 e. The molecule has 0 unspecified atom stereocenters. The second-order valence-electron chi connectivity index (χ2n) is 6.40. The van der Waals surface area contributed by atoms with Crippen molar-refractivity contribution in [2.45, 2.75) is 38.9 Å². The normalized spacial score (nSPS) is 34.8. The van der Waals surface area contributed by atoms with Crippen molar-refractivity contribution in [2.75, 3.05) is 13.1 Å². The maximum Gasteiger partial charge on any atom is 0.0240 e. The van der Waals surface area contributed by atoms with Crippen LogP contribution in [0.1, 0.15) is 29.5 Å². The molecule has 2 saturated heterocycles. The molecule has 3 fully saturated rings. The van der Waals surface area contributed by atoms with Gasteiger partial charge in [-0.1, -0.05) is 23.8 Å². The maximum atomic E-state index is 3.61. The van der Waals surface area contributed by atoms with Gasteiger partial charge in [0.2, 0.25) is 0 Å². The van der Waals surface area contributed by atoms with E-state index < -0.39 is 0 Å². The van der Waals surface area contributed by atoms with Crippen LogP contribution >= 0.6 is 0 Å². The fourth-order valence-corrected chi connectivity index (χ4v) is 4.00. The molecule has 90 valence electrons. The lowest BCUT2D eigenvalue weighted by molar-refractivity contribution is 0.107. The average Bonchev–Trinajstić information content (AvgIpc) is 2.89. The van der Waals surface area contributed by atoms with E-state index in [9.17, 15) is 0 Å². The van der Waals surface area contributed by atoms with Crippen LogP contribution in [0.4, 0.5) is 0 Å². The Morgan fingerprint density at radius 3 is 2.88 bits per heavy atom. The molecular formula is C15H20N2. The first kappa shape index (κ1) is 10.1. The Hall–Kier alpha value is -0.860. The van der Waals surface area contributed by atoms with E-state index in [-0.39, 0.29) is 0 Å². The fourth-order valence-electron chi connectivity index (χ4n) is 4.00. The molecule has 3 heterocycles. The largest absolute Gasteiger partial charge is 0.313 e. The van der Waals surface area contributed by atoms with E-state index in [1.54, 1.807) is 11.1 Å². The van der Waals surface area contributed by atoms with Crippen LogP contribution in [0.2, 0.25) is 0 Å². The maximum absolute atomic E-state index is 3.61. The van der Waals surface area contributed by atoms with Gasteiger partial charge in [0, 0.05) is 32.2 Å². The highest BCUT2D eigenvalue weighted by molar-refractivity contribution is 5.34. The Morgan fingerprint density at radius 1 is 1.29 bits per heavy atom. The molecule has 0 amide bonds. The second-order valence-corrected chi connectivity index (χ2v) is 6.40. The zero-order valence-corrected chi connectivity index (χ0v) is 10.5. The van der Waals surface area contributed by atoms with Gasteiger partial charge in [-0.25, -0.2) is 0 Å². The van der Waals surface area contributed by atoms with Crippen molar-refractivity contribution in [1.29, 1.82) is 0 Å². The van der Waals surface area contributed by atoms with Crippen LogP contribution in [0.25, 0.3) is 0 Å². The zero-order chi connectivity index (χ0) is 11.5. The number of hydrogen-bond donors (Lipinski definition) is 1. The summed E-state index contributed by atoms with van der Waals surface area (Å²) >= 11 is 0. The van der Waals surface area contributed by atoms with Crippen LogP contribution in [0.3, 0.4) is 0 Å². The van der Waals surface area contributed by atoms with Crippen molar-refractivity contribution in [3.63, 3.8) is 0 Å². The average molecular weight is 228 g/mol. The Balaban J connectivity index is 1.49. The SMILES string of the molecule is Cc1ccc2c(c1)CN(CC13CNC(C1)C3)C2. The summed E-state index contributed by atoms with van der Waals surface area (Å²) in [5, 5.41) is 3.61. The van der Waals surface area contributed by atoms with E-state index in [0.29, 0.717) is 5.41 Å². The number of aryl methyl sites for hydroxylation is 1. The molecule has 5 rings (SSSR count). The summed E-state index contributed by atoms with van der Waals surface area (Å²) in [5.74, 6) is 0. The van der Waals surface area contributed by atoms with E-state index in [4.69, 9.17) is 0 Å². The molecule has 4 aliphatic rings. The van der Waals surface area contributed by atoms with Crippen LogP contribution in [0.5, 0.6) is 0 Å². The second kappa shape index (κ2) is 3.33. The van der Waals surface area contributed by atoms with Crippen LogP contribution in [-0.2, 0) is 13.1 Å². The fraction of sp³-hybridized carbons (Fsp3) is 0.600. The first-order valence-corrected chi connectivity index (χ1v) is 6.77. The van der Waals surface area contributed by atoms with E-state index in [0.717, 1.165) is 6.04 Å². The van der Waals surface area contributed by atoms with Crippen LogP contribution < -0.4 is 5.32 Å². The molecule has 1 saturated carbocycles. The minimum Gasteiger partial charge on any atom is -0.313 e. The highest BCUT2D eigenvalue weighted by atomic mass is 15.2. The third-order valence-corrected chi connectivity index (χ3v) is 4.83. The van der Waals surface area contributed by atoms with Crippen molar-refractivity contribution < 1.29 is 0 Å². The van der Waals surface area contributed by atoms with Gasteiger partial charge in [0.1, 0.15) is 0 Å². The van der Waals surface area contributed by atoms with Crippen LogP contribution in [0.15, 0.2) is 18.2 Å². The lowest BCUT2D eigenvalue weighted by Crippen LogP contribution is -2.42. The summed E-state index contributed by atoms with van der Waals surface area (Å²) < 4.78 is 0. The molecule has 2 nitrogen and oxygen atoms in total. The highest BCUT2D eigenvalue weighted by Gasteiger charge is 2.50. The Bertz CT molecular complexity index is 454. The number of rotatable bonds is 2. The number of hydrogen-bond acceptors (Lipinski definition) is 2. The number of benzene rings is 1. The quantitative estimate of drug-likeness (QED) is 0.833. The van der Waals surface area contributed by atoms with Crippen molar-refractivity contribution in [3.8, 4) is 0 Å². The van der Waals surface area contributed by atoms with Gasteiger partial charge in [-0.15, -0.1) is 0 Å². The Morgan fingerprint density at radius 2 is 2.12 bits per heavy atom. The first-order valence-electron chi connectivity index (χ1n) is 6.77. The Kier molecular flexibility index (Phi) is 1.98. The van der Waals surface area contributed by atoms with E-state index >= 15 is 0 Å². The molecule has 1 aliphatic carbocycles. The van der Waals surface area contributed by atoms with Crippen molar-refractivity contribution >= 4 is 0 Å². The summed E-state index contributed by atoms with van der Waals surface area (Å²) in [5.41, 5.74) is 5.13. The molecule has 1 aromatic rings. The van der Waals surface area contributed by atoms with Gasteiger partial charge < -0.3 is 5.32 Å². The predicted molar refractivity (Wildman–Crippen MR) is 68.8 cm³/mol. The van der Waals surface area contributed by atoms with Gasteiger partial charge in [-0.3, -0.25) is 4.90 Å². The van der Waals surface area contributed by atoms with Gasteiger partial charge in [0.25, 0.3) is 0 Å². The van der Waals surface area contributed by atoms with Gasteiger partial charge in [0.15, 0.2) is 0 Å². The monoisotopic (exact) mass is 228 g/mol. The highest BCUT2D eigenvalue weighted by Crippen LogP contribution is 2.47. The van der Waals surface area contributed by atoms with Crippen molar-refractivity contribution in [1.82, 2.24) is 10.2 Å². The summed E-state index contributed by atoms with van der Waals surface area (Å²) in [6, 6.07) is 7.78. The van der Waals surface area contributed by atoms with E-state index in [2.05, 4.69) is 35.3 Å². The van der Waals surface area contributed by atoms with Crippen molar-refractivity contribution in [2.24, 2.45) is 5.41 Å². The molecule has 3 aliphatic heterocycles. The molecule has 0 spiro atoms. The lowest BCUT2D eigenvalue weighted by Gasteiger charge is -2.39. The van der Waals surface area contributed by atoms with Crippen molar-refractivity contribution in [3.05, 3.63) is 34.9 Å². The third-order valence-electron chi connectivity index (χ3n) is 4.83. The third kappa shape index (κ3) is 1.54. The summed E-state index contributed by atoms with van der Waals surface area (Å²) in [6.07, 6.45) is 2.83. The van der Waals surface area contributed by atoms with Gasteiger partial charge in [-0.2, -0.15) is 0 Å². The van der Waals surface area contributed by atoms with E-state index in [1.807, 2.05) is 0 Å². The molecule has 2 heteroatoms. The molecule has 17 heavy (non-hydrogen) atoms. The van der Waals surface area contributed by atoms with E-state index in [1.165, 1.54) is 44.6 Å². The molecular weight excluding hydrogens is 208 g/mol. The summed E-state index contributed by atoms with van der Waals surface area (Å²) in [6.45, 7) is 7.08. The zero-order valence-electron chi connectivity index (χ0n) is 10.5. The van der Waals surface area contributed by atoms with Gasteiger partial charge in [0.05, 0.1) is 0 Å². The summed E-state index contributed by atoms with van der Waals surface area (Å²) in [7, 11) is 0. The molecule has 1 aromatic carbocycles. The summed E-state index contributed by atoms with van der Waals surface area (Å²) in [4.78, 5) is 2.65. The molecule has 1 N–H and O–H groups in total. The lowest BCUT2D eigenvalue weighted by atomic mass is 9.70. The number of nitrogens with zero attached hydrogens (tertiary/aromatic N) is 1. The van der Waals surface area contributed by atoms with Gasteiger partial charge >= 0.3 is 0 Å². The minimum atomic E-state index is 0.627. The molecule has 2 bridgehead atoms. The Labute approximate surface area is 103 Å².